The number of benzene rings is 1. The average molecular weight is 309 g/mol. The molecule has 5 heteroatoms. The van der Waals surface area contributed by atoms with Crippen LogP contribution in [0.15, 0.2) is 35.2 Å². The fourth-order valence-corrected chi connectivity index (χ4v) is 2.71. The van der Waals surface area contributed by atoms with Gasteiger partial charge in [-0.25, -0.2) is 0 Å². The highest BCUT2D eigenvalue weighted by atomic mass is 32.2. The Labute approximate surface area is 130 Å². The van der Waals surface area contributed by atoms with E-state index in [2.05, 4.69) is 17.4 Å². The van der Waals surface area contributed by atoms with Crippen LogP contribution in [0, 0.1) is 0 Å². The van der Waals surface area contributed by atoms with Gasteiger partial charge in [0.15, 0.2) is 0 Å². The summed E-state index contributed by atoms with van der Waals surface area (Å²) < 4.78 is 0. The molecule has 0 fully saturated rings. The van der Waals surface area contributed by atoms with Gasteiger partial charge in [0.25, 0.3) is 0 Å². The normalized spacial score (nSPS) is 10.3. The predicted octanol–water partition coefficient (Wildman–Crippen LogP) is 3.32. The van der Waals surface area contributed by atoms with Crippen molar-refractivity contribution in [2.45, 2.75) is 43.4 Å². The first kappa shape index (κ1) is 17.6. The first-order chi connectivity index (χ1) is 10.2. The second-order valence-electron chi connectivity index (χ2n) is 4.82. The monoisotopic (exact) mass is 309 g/mol. The molecule has 0 unspecified atom stereocenters. The first-order valence-corrected chi connectivity index (χ1v) is 8.33. The van der Waals surface area contributed by atoms with Crippen LogP contribution in [0.4, 0.5) is 0 Å². The van der Waals surface area contributed by atoms with Gasteiger partial charge in [0, 0.05) is 24.3 Å². The highest BCUT2D eigenvalue weighted by molar-refractivity contribution is 7.99. The van der Waals surface area contributed by atoms with Crippen molar-refractivity contribution < 1.29 is 14.7 Å². The third-order valence-electron chi connectivity index (χ3n) is 2.95. The summed E-state index contributed by atoms with van der Waals surface area (Å²) in [6.45, 7) is 0.643. The standard InChI is InChI=1S/C16H23NO3S/c18-15(17-12-6-2-5-11-16(19)20)10-7-13-21-14-8-3-1-4-9-14/h1,3-4,8-9H,2,5-7,10-13H2,(H,17,18)(H,19,20). The summed E-state index contributed by atoms with van der Waals surface area (Å²) in [4.78, 5) is 23.1. The van der Waals surface area contributed by atoms with E-state index in [-0.39, 0.29) is 12.3 Å². The molecule has 0 bridgehead atoms. The molecule has 0 aliphatic heterocycles. The van der Waals surface area contributed by atoms with Gasteiger partial charge < -0.3 is 10.4 Å². The van der Waals surface area contributed by atoms with Crippen LogP contribution in [0.2, 0.25) is 0 Å². The number of carboxylic acids is 1. The van der Waals surface area contributed by atoms with E-state index >= 15 is 0 Å². The third-order valence-corrected chi connectivity index (χ3v) is 4.05. The van der Waals surface area contributed by atoms with E-state index in [9.17, 15) is 9.59 Å². The average Bonchev–Trinajstić information content (AvgIpc) is 2.48. The van der Waals surface area contributed by atoms with Crippen LogP contribution >= 0.6 is 11.8 Å². The predicted molar refractivity (Wildman–Crippen MR) is 85.5 cm³/mol. The van der Waals surface area contributed by atoms with E-state index in [0.717, 1.165) is 25.0 Å². The molecular formula is C16H23NO3S. The fraction of sp³-hybridized carbons (Fsp3) is 0.500. The number of amides is 1. The Hall–Kier alpha value is -1.49. The van der Waals surface area contributed by atoms with Gasteiger partial charge in [-0.15, -0.1) is 11.8 Å². The number of rotatable bonds is 11. The molecule has 2 N–H and O–H groups in total. The van der Waals surface area contributed by atoms with E-state index in [1.807, 2.05) is 18.2 Å². The quantitative estimate of drug-likeness (QED) is 0.486. The van der Waals surface area contributed by atoms with Crippen molar-refractivity contribution >= 4 is 23.6 Å². The third kappa shape index (κ3) is 9.96. The van der Waals surface area contributed by atoms with Crippen LogP contribution in [-0.4, -0.2) is 29.3 Å². The maximum atomic E-state index is 11.6. The van der Waals surface area contributed by atoms with Crippen LogP contribution < -0.4 is 5.32 Å². The molecule has 1 rings (SSSR count). The molecule has 4 nitrogen and oxygen atoms in total. The highest BCUT2D eigenvalue weighted by Crippen LogP contribution is 2.18. The summed E-state index contributed by atoms with van der Waals surface area (Å²) in [6, 6.07) is 10.2. The van der Waals surface area contributed by atoms with E-state index in [1.165, 1.54) is 4.90 Å². The van der Waals surface area contributed by atoms with Gasteiger partial charge in [0.2, 0.25) is 5.91 Å². The van der Waals surface area contributed by atoms with Gasteiger partial charge in [-0.05, 0) is 37.1 Å². The number of aliphatic carboxylic acids is 1. The van der Waals surface area contributed by atoms with Gasteiger partial charge in [0.1, 0.15) is 0 Å². The van der Waals surface area contributed by atoms with Crippen molar-refractivity contribution in [3.63, 3.8) is 0 Å². The molecule has 0 aliphatic rings. The molecule has 0 heterocycles. The molecule has 1 aromatic rings. The summed E-state index contributed by atoms with van der Waals surface area (Å²) in [6.07, 6.45) is 4.00. The number of nitrogens with one attached hydrogen (secondary N) is 1. The SMILES string of the molecule is O=C(O)CCCCCNC(=O)CCCSc1ccccc1. The molecule has 0 aliphatic carbocycles. The minimum absolute atomic E-state index is 0.0851. The van der Waals surface area contributed by atoms with E-state index < -0.39 is 5.97 Å². The zero-order valence-electron chi connectivity index (χ0n) is 12.2. The lowest BCUT2D eigenvalue weighted by molar-refractivity contribution is -0.137. The topological polar surface area (TPSA) is 66.4 Å². The van der Waals surface area contributed by atoms with E-state index in [1.54, 1.807) is 11.8 Å². The summed E-state index contributed by atoms with van der Waals surface area (Å²) in [5, 5.41) is 11.4. The van der Waals surface area contributed by atoms with Gasteiger partial charge >= 0.3 is 5.97 Å². The molecule has 0 radical (unpaired) electrons. The number of carbonyl (C=O) groups excluding carboxylic acids is 1. The maximum Gasteiger partial charge on any atom is 0.303 e. The van der Waals surface area contributed by atoms with Gasteiger partial charge in [-0.2, -0.15) is 0 Å². The Kier molecular flexibility index (Phi) is 9.37. The Morgan fingerprint density at radius 3 is 2.48 bits per heavy atom. The van der Waals surface area contributed by atoms with Crippen LogP contribution in [0.5, 0.6) is 0 Å². The molecule has 0 saturated carbocycles. The van der Waals surface area contributed by atoms with Crippen molar-refractivity contribution in [3.8, 4) is 0 Å². The number of carboxylic acid groups (broad SMARTS) is 1. The second-order valence-corrected chi connectivity index (χ2v) is 5.99. The number of hydrogen-bond donors (Lipinski definition) is 2. The Morgan fingerprint density at radius 1 is 1.00 bits per heavy atom. The Bertz CT molecular complexity index is 423. The Morgan fingerprint density at radius 2 is 1.76 bits per heavy atom. The highest BCUT2D eigenvalue weighted by Gasteiger charge is 2.01. The number of carbonyl (C=O) groups is 2. The largest absolute Gasteiger partial charge is 0.481 e. The summed E-state index contributed by atoms with van der Waals surface area (Å²) in [7, 11) is 0. The van der Waals surface area contributed by atoms with Crippen molar-refractivity contribution in [2.24, 2.45) is 0 Å². The van der Waals surface area contributed by atoms with Gasteiger partial charge in [-0.1, -0.05) is 24.6 Å². The van der Waals surface area contributed by atoms with Crippen molar-refractivity contribution in [2.75, 3.05) is 12.3 Å². The number of thioether (sulfide) groups is 1. The van der Waals surface area contributed by atoms with Crippen LogP contribution in [0.1, 0.15) is 38.5 Å². The smallest absolute Gasteiger partial charge is 0.303 e. The molecular weight excluding hydrogens is 286 g/mol. The van der Waals surface area contributed by atoms with Gasteiger partial charge in [-0.3, -0.25) is 9.59 Å². The number of hydrogen-bond acceptors (Lipinski definition) is 3. The molecule has 1 aromatic carbocycles. The summed E-state index contributed by atoms with van der Waals surface area (Å²) in [5.41, 5.74) is 0. The summed E-state index contributed by atoms with van der Waals surface area (Å²) >= 11 is 1.76. The summed E-state index contributed by atoms with van der Waals surface area (Å²) in [5.74, 6) is 0.271. The first-order valence-electron chi connectivity index (χ1n) is 7.35. The van der Waals surface area contributed by atoms with Crippen LogP contribution in [-0.2, 0) is 9.59 Å². The lowest BCUT2D eigenvalue weighted by atomic mass is 10.2. The molecule has 0 saturated heterocycles. The van der Waals surface area contributed by atoms with Crippen molar-refractivity contribution in [1.82, 2.24) is 5.32 Å². The van der Waals surface area contributed by atoms with Gasteiger partial charge in [0.05, 0.1) is 0 Å². The lowest BCUT2D eigenvalue weighted by Crippen LogP contribution is -2.24. The van der Waals surface area contributed by atoms with Crippen molar-refractivity contribution in [1.29, 1.82) is 0 Å². The van der Waals surface area contributed by atoms with Crippen LogP contribution in [0.25, 0.3) is 0 Å². The Balaban J connectivity index is 1.93. The molecule has 0 aromatic heterocycles. The van der Waals surface area contributed by atoms with E-state index in [0.29, 0.717) is 19.4 Å². The lowest BCUT2D eigenvalue weighted by Gasteiger charge is -2.05. The zero-order chi connectivity index (χ0) is 15.3. The number of unbranched alkanes of at least 4 members (excludes halogenated alkanes) is 2. The molecule has 21 heavy (non-hydrogen) atoms. The van der Waals surface area contributed by atoms with E-state index in [4.69, 9.17) is 5.11 Å². The van der Waals surface area contributed by atoms with Crippen molar-refractivity contribution in [3.05, 3.63) is 30.3 Å². The molecule has 116 valence electrons. The maximum absolute atomic E-state index is 11.6. The fourth-order valence-electron chi connectivity index (χ4n) is 1.83. The minimum Gasteiger partial charge on any atom is -0.481 e. The van der Waals surface area contributed by atoms with Crippen LogP contribution in [0.3, 0.4) is 0 Å². The molecule has 0 atom stereocenters. The zero-order valence-corrected chi connectivity index (χ0v) is 13.0. The minimum atomic E-state index is -0.755. The molecule has 0 spiro atoms. The molecule has 1 amide bonds. The second kappa shape index (κ2) is 11.2.